The fraction of sp³-hybridized carbons (Fsp3) is 0.294. The maximum absolute atomic E-state index is 10.4. The van der Waals surface area contributed by atoms with Crippen LogP contribution in [0.4, 0.5) is 0 Å². The average Bonchev–Trinajstić information content (AvgIpc) is 2.49. The molecule has 1 aliphatic heterocycles. The summed E-state index contributed by atoms with van der Waals surface area (Å²) in [4.78, 5) is 0. The third-order valence-corrected chi connectivity index (χ3v) is 4.73. The molecular weight excluding hydrogens is 332 g/mol. The number of benzene rings is 2. The minimum Gasteiger partial charge on any atom is -0.497 e. The molecule has 3 nitrogen and oxygen atoms in total. The Labute approximate surface area is 132 Å². The van der Waals surface area contributed by atoms with Gasteiger partial charge in [-0.25, -0.2) is 0 Å². The summed E-state index contributed by atoms with van der Waals surface area (Å²) < 4.78 is 12.3. The van der Waals surface area contributed by atoms with Gasteiger partial charge in [-0.05, 0) is 42.3 Å². The number of halogens is 1. The van der Waals surface area contributed by atoms with Crippen LogP contribution in [0.2, 0.25) is 0 Å². The minimum absolute atomic E-state index is 0.132. The lowest BCUT2D eigenvalue weighted by molar-refractivity contribution is 0.0654. The largest absolute Gasteiger partial charge is 0.497 e. The van der Waals surface area contributed by atoms with Crippen LogP contribution in [-0.4, -0.2) is 12.2 Å². The number of ether oxygens (including phenoxy) is 2. The predicted molar refractivity (Wildman–Crippen MR) is 84.8 cm³/mol. The van der Waals surface area contributed by atoms with E-state index in [0.717, 1.165) is 32.7 Å². The van der Waals surface area contributed by atoms with Crippen molar-refractivity contribution in [2.75, 3.05) is 7.11 Å². The summed E-state index contributed by atoms with van der Waals surface area (Å²) >= 11 is 3.50. The van der Waals surface area contributed by atoms with Gasteiger partial charge in [-0.1, -0.05) is 28.1 Å². The van der Waals surface area contributed by atoms with Gasteiger partial charge in [0.1, 0.15) is 17.6 Å². The Morgan fingerprint density at radius 1 is 1.24 bits per heavy atom. The maximum Gasteiger partial charge on any atom is 0.127 e. The van der Waals surface area contributed by atoms with Crippen molar-refractivity contribution in [3.05, 3.63) is 57.6 Å². The highest BCUT2D eigenvalue weighted by Crippen LogP contribution is 2.42. The van der Waals surface area contributed by atoms with Crippen LogP contribution in [0.25, 0.3) is 0 Å². The van der Waals surface area contributed by atoms with Crippen LogP contribution in [0.5, 0.6) is 11.5 Å². The molecule has 0 aromatic heterocycles. The molecule has 0 amide bonds. The number of fused-ring (bicyclic) bond motifs is 1. The molecule has 0 fully saturated rings. The van der Waals surface area contributed by atoms with E-state index >= 15 is 0 Å². The van der Waals surface area contributed by atoms with Gasteiger partial charge in [-0.3, -0.25) is 0 Å². The molecule has 1 unspecified atom stereocenters. The fourth-order valence-corrected chi connectivity index (χ4v) is 2.87. The first kappa shape index (κ1) is 14.4. The lowest BCUT2D eigenvalue weighted by Gasteiger charge is -2.30. The number of hydrogen-bond donors (Lipinski definition) is 1. The maximum atomic E-state index is 10.4. The fourth-order valence-electron chi connectivity index (χ4n) is 2.62. The number of aryl methyl sites for hydroxylation is 1. The van der Waals surface area contributed by atoms with E-state index in [0.29, 0.717) is 6.42 Å². The van der Waals surface area contributed by atoms with Gasteiger partial charge < -0.3 is 14.6 Å². The van der Waals surface area contributed by atoms with Crippen LogP contribution >= 0.6 is 15.9 Å². The van der Waals surface area contributed by atoms with Crippen LogP contribution in [0.1, 0.15) is 35.3 Å². The number of aliphatic hydroxyl groups is 1. The first-order valence-electron chi connectivity index (χ1n) is 6.87. The summed E-state index contributed by atoms with van der Waals surface area (Å²) in [5, 5.41) is 10.4. The average molecular weight is 349 g/mol. The normalized spacial score (nSPS) is 20.6. The van der Waals surface area contributed by atoms with Crippen molar-refractivity contribution < 1.29 is 14.6 Å². The van der Waals surface area contributed by atoms with E-state index in [1.54, 1.807) is 7.11 Å². The number of rotatable bonds is 2. The molecule has 2 aromatic carbocycles. The second-order valence-corrected chi connectivity index (χ2v) is 6.12. The first-order valence-corrected chi connectivity index (χ1v) is 7.66. The smallest absolute Gasteiger partial charge is 0.127 e. The van der Waals surface area contributed by atoms with Gasteiger partial charge in [-0.15, -0.1) is 0 Å². The third kappa shape index (κ3) is 2.78. The molecule has 3 rings (SSSR count). The van der Waals surface area contributed by atoms with Gasteiger partial charge in [0.2, 0.25) is 0 Å². The highest BCUT2D eigenvalue weighted by molar-refractivity contribution is 9.10. The Morgan fingerprint density at radius 3 is 2.76 bits per heavy atom. The van der Waals surface area contributed by atoms with Crippen molar-refractivity contribution in [2.24, 2.45) is 0 Å². The van der Waals surface area contributed by atoms with Crippen LogP contribution in [0, 0.1) is 6.92 Å². The zero-order valence-electron chi connectivity index (χ0n) is 12.0. The standard InChI is InChI=1S/C17H17BrO3/c1-10-7-11(3-5-14(10)18)17-9-15(19)13-8-12(20-2)4-6-16(13)21-17/h3-8,15,17,19H,9H2,1-2H3/t15-,17?/m0/s1. The van der Waals surface area contributed by atoms with E-state index in [1.165, 1.54) is 0 Å². The van der Waals surface area contributed by atoms with Crippen LogP contribution in [0.15, 0.2) is 40.9 Å². The van der Waals surface area contributed by atoms with Gasteiger partial charge in [0, 0.05) is 16.5 Å². The van der Waals surface area contributed by atoms with Crippen molar-refractivity contribution >= 4 is 15.9 Å². The van der Waals surface area contributed by atoms with Crippen molar-refractivity contribution in [3.8, 4) is 11.5 Å². The van der Waals surface area contributed by atoms with Crippen LogP contribution in [-0.2, 0) is 0 Å². The van der Waals surface area contributed by atoms with E-state index in [9.17, 15) is 5.11 Å². The Morgan fingerprint density at radius 2 is 2.05 bits per heavy atom. The van der Waals surface area contributed by atoms with E-state index in [4.69, 9.17) is 9.47 Å². The second kappa shape index (κ2) is 5.70. The van der Waals surface area contributed by atoms with E-state index in [-0.39, 0.29) is 6.10 Å². The molecule has 4 heteroatoms. The molecule has 1 N–H and O–H groups in total. The number of methoxy groups -OCH3 is 1. The second-order valence-electron chi connectivity index (χ2n) is 5.27. The molecule has 0 bridgehead atoms. The quantitative estimate of drug-likeness (QED) is 0.877. The van der Waals surface area contributed by atoms with E-state index < -0.39 is 6.10 Å². The molecule has 0 spiro atoms. The first-order chi connectivity index (χ1) is 10.1. The third-order valence-electron chi connectivity index (χ3n) is 3.84. The molecule has 0 aliphatic carbocycles. The van der Waals surface area contributed by atoms with Crippen molar-refractivity contribution in [2.45, 2.75) is 25.6 Å². The summed E-state index contributed by atoms with van der Waals surface area (Å²) in [6, 6.07) is 11.7. The lowest BCUT2D eigenvalue weighted by Crippen LogP contribution is -2.19. The van der Waals surface area contributed by atoms with Crippen molar-refractivity contribution in [1.82, 2.24) is 0 Å². The van der Waals surface area contributed by atoms with Gasteiger partial charge in [0.25, 0.3) is 0 Å². The van der Waals surface area contributed by atoms with E-state index in [1.807, 2.05) is 37.3 Å². The molecule has 0 radical (unpaired) electrons. The molecule has 21 heavy (non-hydrogen) atoms. The van der Waals surface area contributed by atoms with Gasteiger partial charge in [0.15, 0.2) is 0 Å². The Kier molecular flexibility index (Phi) is 3.91. The Bertz CT molecular complexity index is 669. The number of hydrogen-bond acceptors (Lipinski definition) is 3. The number of aliphatic hydroxyl groups excluding tert-OH is 1. The molecule has 110 valence electrons. The molecule has 1 heterocycles. The van der Waals surface area contributed by atoms with Gasteiger partial charge >= 0.3 is 0 Å². The molecule has 2 aromatic rings. The summed E-state index contributed by atoms with van der Waals surface area (Å²) in [6.07, 6.45) is -0.133. The minimum atomic E-state index is -0.544. The monoisotopic (exact) mass is 348 g/mol. The predicted octanol–water partition coefficient (Wildman–Crippen LogP) is 4.32. The zero-order valence-corrected chi connectivity index (χ0v) is 13.6. The molecule has 2 atom stereocenters. The lowest BCUT2D eigenvalue weighted by atomic mass is 9.94. The zero-order chi connectivity index (χ0) is 15.0. The Hall–Kier alpha value is -1.52. The Balaban J connectivity index is 1.92. The van der Waals surface area contributed by atoms with Gasteiger partial charge in [-0.2, -0.15) is 0 Å². The van der Waals surface area contributed by atoms with Crippen LogP contribution < -0.4 is 9.47 Å². The summed E-state index contributed by atoms with van der Waals surface area (Å²) in [7, 11) is 1.62. The summed E-state index contributed by atoms with van der Waals surface area (Å²) in [5.41, 5.74) is 3.03. The molecule has 0 saturated carbocycles. The summed E-state index contributed by atoms with van der Waals surface area (Å²) in [6.45, 7) is 2.05. The van der Waals surface area contributed by atoms with E-state index in [2.05, 4.69) is 22.0 Å². The van der Waals surface area contributed by atoms with Crippen molar-refractivity contribution in [1.29, 1.82) is 0 Å². The van der Waals surface area contributed by atoms with Crippen LogP contribution in [0.3, 0.4) is 0 Å². The molecular formula is C17H17BrO3. The highest BCUT2D eigenvalue weighted by atomic mass is 79.9. The van der Waals surface area contributed by atoms with Gasteiger partial charge in [0.05, 0.1) is 13.2 Å². The summed E-state index contributed by atoms with van der Waals surface area (Å²) in [5.74, 6) is 1.45. The van der Waals surface area contributed by atoms with Crippen molar-refractivity contribution in [3.63, 3.8) is 0 Å². The SMILES string of the molecule is COc1ccc2c(c1)[C@@H](O)CC(c1ccc(Br)c(C)c1)O2. The molecule has 0 saturated heterocycles. The molecule has 1 aliphatic rings. The highest BCUT2D eigenvalue weighted by Gasteiger charge is 2.28. The topological polar surface area (TPSA) is 38.7 Å².